The molecule has 0 aromatic heterocycles. The van der Waals surface area contributed by atoms with E-state index >= 15 is 0 Å². The zero-order valence-corrected chi connectivity index (χ0v) is 17.8. The molecule has 0 spiro atoms. The lowest BCUT2D eigenvalue weighted by molar-refractivity contribution is -0.128. The number of rotatable bonds is 6. The van der Waals surface area contributed by atoms with Crippen molar-refractivity contribution in [2.45, 2.75) is 52.4 Å². The highest BCUT2D eigenvalue weighted by atomic mass is 32.2. The van der Waals surface area contributed by atoms with Crippen molar-refractivity contribution in [2.24, 2.45) is 16.7 Å². The average Bonchev–Trinajstić information content (AvgIpc) is 3.22. The Bertz CT molecular complexity index is 921. The van der Waals surface area contributed by atoms with Crippen LogP contribution in [0.3, 0.4) is 0 Å². The number of nitrogens with one attached hydrogen (secondary N) is 1. The normalized spacial score (nSPS) is 28.1. The number of hydrogen-bond donors (Lipinski definition) is 1. The highest BCUT2D eigenvalue weighted by Crippen LogP contribution is 2.64. The van der Waals surface area contributed by atoms with E-state index in [4.69, 9.17) is 9.47 Å². The van der Waals surface area contributed by atoms with Crippen LogP contribution < -0.4 is 14.2 Å². The van der Waals surface area contributed by atoms with E-state index in [1.165, 1.54) is 0 Å². The Hall–Kier alpha value is -1.60. The minimum absolute atomic E-state index is 0.112. The summed E-state index contributed by atoms with van der Waals surface area (Å²) in [6.07, 6.45) is 2.14. The van der Waals surface area contributed by atoms with E-state index in [2.05, 4.69) is 18.6 Å². The van der Waals surface area contributed by atoms with Gasteiger partial charge in [0, 0.05) is 23.8 Å². The zero-order valence-electron chi connectivity index (χ0n) is 17.0. The van der Waals surface area contributed by atoms with E-state index in [9.17, 15) is 13.2 Å². The fourth-order valence-electron chi connectivity index (χ4n) is 5.19. The number of sulfonamides is 1. The van der Waals surface area contributed by atoms with E-state index in [0.717, 1.165) is 12.0 Å². The summed E-state index contributed by atoms with van der Waals surface area (Å²) in [6.45, 7) is 8.55. The van der Waals surface area contributed by atoms with Gasteiger partial charge >= 0.3 is 0 Å². The molecule has 154 valence electrons. The average molecular weight is 408 g/mol. The zero-order chi connectivity index (χ0) is 20.4. The molecule has 2 fully saturated rings. The Balaban J connectivity index is 1.49. The van der Waals surface area contributed by atoms with Crippen LogP contribution in [0.5, 0.6) is 11.5 Å². The maximum Gasteiger partial charge on any atom is 0.231 e. The van der Waals surface area contributed by atoms with Crippen LogP contribution in [0.4, 0.5) is 0 Å². The number of hydrogen-bond acceptors (Lipinski definition) is 5. The number of benzene rings is 1. The molecule has 2 bridgehead atoms. The van der Waals surface area contributed by atoms with Gasteiger partial charge in [0.15, 0.2) is 11.5 Å². The van der Waals surface area contributed by atoms with Crippen LogP contribution in [-0.2, 0) is 20.2 Å². The molecular formula is C21H29NO5S. The molecule has 2 atom stereocenters. The second-order valence-corrected chi connectivity index (χ2v) is 11.5. The summed E-state index contributed by atoms with van der Waals surface area (Å²) in [5.41, 5.74) is -0.465. The van der Waals surface area contributed by atoms with Crippen LogP contribution in [-0.4, -0.2) is 33.3 Å². The van der Waals surface area contributed by atoms with Gasteiger partial charge in [-0.25, -0.2) is 13.1 Å². The second-order valence-electron chi connectivity index (χ2n) is 9.70. The molecular weight excluding hydrogens is 378 g/mol. The number of carbonyl (C=O) groups is 1. The first-order valence-electron chi connectivity index (χ1n) is 9.88. The summed E-state index contributed by atoms with van der Waals surface area (Å²) in [7, 11) is -3.59. The molecule has 3 aliphatic rings. The molecule has 1 heterocycles. The molecule has 7 heteroatoms. The van der Waals surface area contributed by atoms with Gasteiger partial charge in [-0.15, -0.1) is 0 Å². The van der Waals surface area contributed by atoms with Crippen molar-refractivity contribution in [1.29, 1.82) is 0 Å². The summed E-state index contributed by atoms with van der Waals surface area (Å²) in [4.78, 5) is 12.7. The first kappa shape index (κ1) is 19.7. The predicted octanol–water partition coefficient (Wildman–Crippen LogP) is 3.01. The van der Waals surface area contributed by atoms with Gasteiger partial charge in [0.25, 0.3) is 0 Å². The first-order valence-corrected chi connectivity index (χ1v) is 11.5. The van der Waals surface area contributed by atoms with E-state index < -0.39 is 20.9 Å². The van der Waals surface area contributed by atoms with Gasteiger partial charge in [0.05, 0.1) is 5.75 Å². The topological polar surface area (TPSA) is 81.7 Å². The fourth-order valence-corrected chi connectivity index (χ4v) is 7.20. The molecule has 0 radical (unpaired) electrons. The molecule has 2 saturated carbocycles. The fraction of sp³-hybridized carbons (Fsp3) is 0.667. The maximum atomic E-state index is 13.0. The SMILES string of the molecule is CC(C)(CNS(=O)(=O)CC12CCC(CC1=O)C2(C)C)c1ccc2c(c1)OCO2. The monoisotopic (exact) mass is 407 g/mol. The highest BCUT2D eigenvalue weighted by molar-refractivity contribution is 7.89. The lowest BCUT2D eigenvalue weighted by Gasteiger charge is -2.36. The van der Waals surface area contributed by atoms with Crippen molar-refractivity contribution in [2.75, 3.05) is 19.1 Å². The summed E-state index contributed by atoms with van der Waals surface area (Å²) in [6, 6.07) is 5.69. The van der Waals surface area contributed by atoms with Gasteiger partial charge in [-0.3, -0.25) is 4.79 Å². The van der Waals surface area contributed by atoms with Gasteiger partial charge in [-0.05, 0) is 41.9 Å². The predicted molar refractivity (Wildman–Crippen MR) is 106 cm³/mol. The Morgan fingerprint density at radius 3 is 2.57 bits per heavy atom. The molecule has 4 rings (SSSR count). The Kier molecular flexibility index (Phi) is 4.36. The van der Waals surface area contributed by atoms with E-state index in [1.54, 1.807) is 0 Å². The number of Topliss-reactive ketones (excluding diaryl/α,β-unsaturated/α-hetero) is 1. The summed E-state index contributed by atoms with van der Waals surface area (Å²) >= 11 is 0. The summed E-state index contributed by atoms with van der Waals surface area (Å²) in [5.74, 6) is 1.70. The third-order valence-electron chi connectivity index (χ3n) is 7.46. The second kappa shape index (κ2) is 6.20. The Labute approximate surface area is 167 Å². The van der Waals surface area contributed by atoms with Crippen LogP contribution in [0.2, 0.25) is 0 Å². The van der Waals surface area contributed by atoms with Gasteiger partial charge in [0.2, 0.25) is 16.8 Å². The quantitative estimate of drug-likeness (QED) is 0.784. The number of ether oxygens (including phenoxy) is 2. The summed E-state index contributed by atoms with van der Waals surface area (Å²) in [5, 5.41) is 0. The van der Waals surface area contributed by atoms with Crippen LogP contribution in [0, 0.1) is 16.7 Å². The van der Waals surface area contributed by atoms with Crippen LogP contribution in [0.25, 0.3) is 0 Å². The largest absolute Gasteiger partial charge is 0.454 e. The van der Waals surface area contributed by atoms with Crippen LogP contribution in [0.1, 0.15) is 52.5 Å². The number of carbonyl (C=O) groups excluding carboxylic acids is 1. The molecule has 1 N–H and O–H groups in total. The van der Waals surface area contributed by atoms with Crippen molar-refractivity contribution in [1.82, 2.24) is 4.72 Å². The van der Waals surface area contributed by atoms with Gasteiger partial charge in [0.1, 0.15) is 5.78 Å². The van der Waals surface area contributed by atoms with Gasteiger partial charge in [-0.2, -0.15) is 0 Å². The van der Waals surface area contributed by atoms with Crippen LogP contribution >= 0.6 is 0 Å². The number of ketones is 1. The lowest BCUT2D eigenvalue weighted by atomic mass is 9.70. The van der Waals surface area contributed by atoms with Crippen molar-refractivity contribution in [3.8, 4) is 11.5 Å². The Morgan fingerprint density at radius 2 is 1.93 bits per heavy atom. The third kappa shape index (κ3) is 2.94. The molecule has 6 nitrogen and oxygen atoms in total. The highest BCUT2D eigenvalue weighted by Gasteiger charge is 2.65. The van der Waals surface area contributed by atoms with E-state index in [0.29, 0.717) is 30.3 Å². The van der Waals surface area contributed by atoms with Crippen molar-refractivity contribution in [3.05, 3.63) is 23.8 Å². The third-order valence-corrected chi connectivity index (χ3v) is 8.92. The minimum Gasteiger partial charge on any atom is -0.454 e. The molecule has 0 saturated heterocycles. The maximum absolute atomic E-state index is 13.0. The molecule has 28 heavy (non-hydrogen) atoms. The first-order chi connectivity index (χ1) is 13.0. The lowest BCUT2D eigenvalue weighted by Crippen LogP contribution is -2.47. The molecule has 0 amide bonds. The van der Waals surface area contributed by atoms with Gasteiger partial charge in [-0.1, -0.05) is 33.8 Å². The van der Waals surface area contributed by atoms with Crippen molar-refractivity contribution >= 4 is 15.8 Å². The molecule has 1 aliphatic heterocycles. The molecule has 1 aromatic carbocycles. The Morgan fingerprint density at radius 1 is 1.21 bits per heavy atom. The van der Waals surface area contributed by atoms with Crippen LogP contribution in [0.15, 0.2) is 18.2 Å². The summed E-state index contributed by atoms with van der Waals surface area (Å²) < 4.78 is 39.5. The minimum atomic E-state index is -3.59. The van der Waals surface area contributed by atoms with E-state index in [-0.39, 0.29) is 30.3 Å². The van der Waals surface area contributed by atoms with Gasteiger partial charge < -0.3 is 9.47 Å². The molecule has 1 aromatic rings. The number of fused-ring (bicyclic) bond motifs is 3. The molecule has 2 unspecified atom stereocenters. The van der Waals surface area contributed by atoms with Crippen molar-refractivity contribution < 1.29 is 22.7 Å². The smallest absolute Gasteiger partial charge is 0.231 e. The van der Waals surface area contributed by atoms with Crippen molar-refractivity contribution in [3.63, 3.8) is 0 Å². The molecule has 2 aliphatic carbocycles. The standard InChI is InChI=1S/C21H29NO5S/c1-19(2,14-5-6-16-17(9-14)27-13-26-16)11-22-28(24,25)12-21-8-7-15(10-18(21)23)20(21,3)4/h5-6,9,15,22H,7-8,10-13H2,1-4H3. The van der Waals surface area contributed by atoms with E-state index in [1.807, 2.05) is 32.0 Å².